The van der Waals surface area contributed by atoms with Crippen molar-refractivity contribution >= 4 is 6.16 Å². The van der Waals surface area contributed by atoms with Crippen molar-refractivity contribution in [3.05, 3.63) is 35.4 Å². The molecule has 1 aromatic carbocycles. The first-order chi connectivity index (χ1) is 8.56. The smallest absolute Gasteiger partial charge is 0.448 e. The Bertz CT molecular complexity index is 418. The average molecular weight is 251 g/mol. The third kappa shape index (κ3) is 3.00. The molecule has 0 amide bonds. The minimum absolute atomic E-state index is 0.0410. The molecule has 1 aliphatic rings. The Morgan fingerprint density at radius 3 is 2.61 bits per heavy atom. The number of aliphatic hydroxyl groups is 1. The van der Waals surface area contributed by atoms with E-state index in [1.807, 2.05) is 31.2 Å². The van der Waals surface area contributed by atoms with E-state index < -0.39 is 12.3 Å². The van der Waals surface area contributed by atoms with Gasteiger partial charge in [-0.2, -0.15) is 0 Å². The number of rotatable bonds is 2. The third-order valence-corrected chi connectivity index (χ3v) is 3.26. The highest BCUT2D eigenvalue weighted by Crippen LogP contribution is 2.28. The van der Waals surface area contributed by atoms with Crippen LogP contribution in [0.2, 0.25) is 0 Å². The van der Waals surface area contributed by atoms with E-state index >= 15 is 0 Å². The first-order valence-corrected chi connectivity index (χ1v) is 5.96. The number of aryl methyl sites for hydroxylation is 1. The van der Waals surface area contributed by atoms with Crippen molar-refractivity contribution in [1.29, 1.82) is 0 Å². The molecule has 1 saturated heterocycles. The van der Waals surface area contributed by atoms with Gasteiger partial charge in [-0.15, -0.1) is 5.06 Å². The second-order valence-corrected chi connectivity index (χ2v) is 4.62. The fourth-order valence-electron chi connectivity index (χ4n) is 2.30. The van der Waals surface area contributed by atoms with Gasteiger partial charge in [-0.05, 0) is 18.9 Å². The van der Waals surface area contributed by atoms with Crippen LogP contribution in [0, 0.1) is 6.92 Å². The van der Waals surface area contributed by atoms with Gasteiger partial charge < -0.3 is 15.1 Å². The first-order valence-electron chi connectivity index (χ1n) is 5.96. The van der Waals surface area contributed by atoms with Crippen molar-refractivity contribution in [2.45, 2.75) is 25.4 Å². The second kappa shape index (κ2) is 5.37. The Hall–Kier alpha value is -1.59. The zero-order valence-corrected chi connectivity index (χ0v) is 10.2. The van der Waals surface area contributed by atoms with Crippen molar-refractivity contribution < 1.29 is 19.8 Å². The van der Waals surface area contributed by atoms with Gasteiger partial charge in [0, 0.05) is 12.5 Å². The molecule has 2 unspecified atom stereocenters. The molecule has 98 valence electrons. The molecule has 0 spiro atoms. The van der Waals surface area contributed by atoms with E-state index in [2.05, 4.69) is 4.84 Å². The molecule has 2 N–H and O–H groups in total. The van der Waals surface area contributed by atoms with Crippen molar-refractivity contribution in [1.82, 2.24) is 5.06 Å². The van der Waals surface area contributed by atoms with E-state index in [-0.39, 0.29) is 12.5 Å². The van der Waals surface area contributed by atoms with E-state index in [0.29, 0.717) is 13.0 Å². The van der Waals surface area contributed by atoms with Crippen LogP contribution in [0.25, 0.3) is 0 Å². The number of piperidine rings is 1. The highest BCUT2D eigenvalue weighted by atomic mass is 16.8. The summed E-state index contributed by atoms with van der Waals surface area (Å²) in [6, 6.07) is 8.05. The minimum Gasteiger partial charge on any atom is -0.448 e. The van der Waals surface area contributed by atoms with Crippen molar-refractivity contribution in [3.63, 3.8) is 0 Å². The lowest BCUT2D eigenvalue weighted by atomic mass is 9.87. The van der Waals surface area contributed by atoms with Gasteiger partial charge in [0.2, 0.25) is 0 Å². The van der Waals surface area contributed by atoms with E-state index in [9.17, 15) is 9.90 Å². The van der Waals surface area contributed by atoms with Gasteiger partial charge in [0.25, 0.3) is 0 Å². The quantitative estimate of drug-likeness (QED) is 0.838. The Morgan fingerprint density at radius 1 is 1.39 bits per heavy atom. The predicted octanol–water partition coefficient (Wildman–Crippen LogP) is 1.75. The molecular formula is C13H17NO4. The lowest BCUT2D eigenvalue weighted by Gasteiger charge is -2.34. The van der Waals surface area contributed by atoms with Crippen LogP contribution in [0.1, 0.15) is 23.5 Å². The van der Waals surface area contributed by atoms with Gasteiger partial charge in [0.05, 0.1) is 12.6 Å². The van der Waals surface area contributed by atoms with Crippen molar-refractivity contribution in [2.75, 3.05) is 13.1 Å². The summed E-state index contributed by atoms with van der Waals surface area (Å²) in [7, 11) is 0. The molecule has 18 heavy (non-hydrogen) atoms. The van der Waals surface area contributed by atoms with E-state index in [0.717, 1.165) is 5.56 Å². The third-order valence-electron chi connectivity index (χ3n) is 3.26. The van der Waals surface area contributed by atoms with Crippen LogP contribution in [0.3, 0.4) is 0 Å². The molecule has 1 fully saturated rings. The van der Waals surface area contributed by atoms with Gasteiger partial charge in [0.1, 0.15) is 0 Å². The number of hydrogen-bond acceptors (Lipinski definition) is 4. The largest absolute Gasteiger partial charge is 0.525 e. The first kappa shape index (κ1) is 12.9. The highest BCUT2D eigenvalue weighted by molar-refractivity contribution is 5.56. The fourth-order valence-corrected chi connectivity index (χ4v) is 2.30. The van der Waals surface area contributed by atoms with Gasteiger partial charge in [0.15, 0.2) is 0 Å². The molecule has 1 aromatic rings. The number of hydroxylamine groups is 2. The average Bonchev–Trinajstić information content (AvgIpc) is 2.30. The van der Waals surface area contributed by atoms with Crippen LogP contribution in [-0.4, -0.2) is 40.6 Å². The molecule has 0 radical (unpaired) electrons. The van der Waals surface area contributed by atoms with Gasteiger partial charge in [-0.25, -0.2) is 4.79 Å². The van der Waals surface area contributed by atoms with E-state index in [1.54, 1.807) is 0 Å². The zero-order valence-electron chi connectivity index (χ0n) is 10.2. The maximum Gasteiger partial charge on any atom is 0.525 e. The summed E-state index contributed by atoms with van der Waals surface area (Å²) in [6.07, 6.45) is -1.27. The number of aliphatic hydroxyl groups excluding tert-OH is 1. The summed E-state index contributed by atoms with van der Waals surface area (Å²) in [6.45, 7) is 2.73. The maximum atomic E-state index is 10.4. The maximum absolute atomic E-state index is 10.4. The summed E-state index contributed by atoms with van der Waals surface area (Å²) in [4.78, 5) is 15.0. The molecule has 0 saturated carbocycles. The van der Waals surface area contributed by atoms with Crippen LogP contribution >= 0.6 is 0 Å². The summed E-state index contributed by atoms with van der Waals surface area (Å²) in [5, 5.41) is 19.9. The second-order valence-electron chi connectivity index (χ2n) is 4.62. The van der Waals surface area contributed by atoms with Crippen LogP contribution in [0.4, 0.5) is 4.79 Å². The number of β-amino-alcohol motifs (C(OH)–C–C–N with tert-alkyl or cyclic N) is 1. The van der Waals surface area contributed by atoms with Crippen LogP contribution in [0.15, 0.2) is 24.3 Å². The number of carbonyl (C=O) groups is 1. The molecule has 1 heterocycles. The molecular weight excluding hydrogens is 234 g/mol. The fraction of sp³-hybridized carbons (Fsp3) is 0.462. The Labute approximate surface area is 106 Å². The monoisotopic (exact) mass is 251 g/mol. The van der Waals surface area contributed by atoms with E-state index in [4.69, 9.17) is 5.11 Å². The SMILES string of the molecule is Cc1ccc(C2CCN(OC(=O)O)CC2O)cc1. The lowest BCUT2D eigenvalue weighted by molar-refractivity contribution is -0.154. The molecule has 0 aliphatic carbocycles. The molecule has 1 aliphatic heterocycles. The number of benzene rings is 1. The summed E-state index contributed by atoms with van der Waals surface area (Å²) >= 11 is 0. The topological polar surface area (TPSA) is 70.0 Å². The summed E-state index contributed by atoms with van der Waals surface area (Å²) in [5.74, 6) is 0.0410. The number of hydrogen-bond donors (Lipinski definition) is 2. The summed E-state index contributed by atoms with van der Waals surface area (Å²) < 4.78 is 0. The molecule has 2 rings (SSSR count). The minimum atomic E-state index is -1.34. The molecule has 5 heteroatoms. The predicted molar refractivity (Wildman–Crippen MR) is 65.2 cm³/mol. The van der Waals surface area contributed by atoms with Crippen LogP contribution in [-0.2, 0) is 4.84 Å². The Morgan fingerprint density at radius 2 is 2.06 bits per heavy atom. The Kier molecular flexibility index (Phi) is 3.84. The standard InChI is InChI=1S/C13H17NO4/c1-9-2-4-10(5-3-9)11-6-7-14(8-12(11)15)18-13(16)17/h2-5,11-12,15H,6-8H2,1H3,(H,16,17). The zero-order chi connectivity index (χ0) is 13.1. The van der Waals surface area contributed by atoms with Crippen molar-refractivity contribution in [3.8, 4) is 0 Å². The normalized spacial score (nSPS) is 24.8. The van der Waals surface area contributed by atoms with Gasteiger partial charge in [-0.1, -0.05) is 29.8 Å². The molecule has 2 atom stereocenters. The Balaban J connectivity index is 2.01. The number of nitrogens with zero attached hydrogens (tertiary/aromatic N) is 1. The van der Waals surface area contributed by atoms with Crippen molar-refractivity contribution in [2.24, 2.45) is 0 Å². The molecule has 5 nitrogen and oxygen atoms in total. The van der Waals surface area contributed by atoms with Crippen LogP contribution in [0.5, 0.6) is 0 Å². The summed E-state index contributed by atoms with van der Waals surface area (Å²) in [5.41, 5.74) is 2.27. The molecule has 0 bridgehead atoms. The highest BCUT2D eigenvalue weighted by Gasteiger charge is 2.30. The van der Waals surface area contributed by atoms with Gasteiger partial charge in [-0.3, -0.25) is 0 Å². The molecule has 0 aromatic heterocycles. The number of carboxylic acid groups (broad SMARTS) is 1. The lowest BCUT2D eigenvalue weighted by Crippen LogP contribution is -2.43. The van der Waals surface area contributed by atoms with Gasteiger partial charge >= 0.3 is 6.16 Å². The van der Waals surface area contributed by atoms with Crippen LogP contribution < -0.4 is 0 Å². The van der Waals surface area contributed by atoms with E-state index in [1.165, 1.54) is 10.6 Å².